The highest BCUT2D eigenvalue weighted by Crippen LogP contribution is 2.16. The molecule has 0 fully saturated rings. The van der Waals surface area contributed by atoms with Crippen LogP contribution in [0.3, 0.4) is 0 Å². The second-order valence-electron chi connectivity index (χ2n) is 5.03. The summed E-state index contributed by atoms with van der Waals surface area (Å²) in [5, 5.41) is 8.92. The molecule has 1 heterocycles. The molecule has 0 radical (unpaired) electrons. The van der Waals surface area contributed by atoms with Crippen molar-refractivity contribution < 1.29 is 14.3 Å². The summed E-state index contributed by atoms with van der Waals surface area (Å²) in [6.45, 7) is 5.23. The second kappa shape index (κ2) is 5.84. The molecule has 19 heavy (non-hydrogen) atoms. The van der Waals surface area contributed by atoms with E-state index in [4.69, 9.17) is 9.52 Å². The molecule has 2 rings (SSSR count). The Kier molecular flexibility index (Phi) is 4.16. The van der Waals surface area contributed by atoms with Crippen molar-refractivity contribution in [3.05, 3.63) is 30.2 Å². The molecule has 0 atom stereocenters. The minimum absolute atomic E-state index is 0.00307. The molecule has 0 spiro atoms. The maximum Gasteiger partial charge on any atom is 0.317 e. The number of oxazole rings is 1. The molecular formula is C14H18N2O3. The number of nitrogens with zero attached hydrogens (tertiary/aromatic N) is 2. The van der Waals surface area contributed by atoms with Crippen LogP contribution < -0.4 is 0 Å². The highest BCUT2D eigenvalue weighted by atomic mass is 16.4. The lowest BCUT2D eigenvalue weighted by Gasteiger charge is -2.20. The van der Waals surface area contributed by atoms with Crippen molar-refractivity contribution in [1.82, 2.24) is 9.88 Å². The lowest BCUT2D eigenvalue weighted by Crippen LogP contribution is -2.32. The fourth-order valence-electron chi connectivity index (χ4n) is 2.07. The van der Waals surface area contributed by atoms with E-state index in [-0.39, 0.29) is 6.54 Å². The molecule has 1 aromatic carbocycles. The van der Waals surface area contributed by atoms with Crippen molar-refractivity contribution >= 4 is 17.1 Å². The van der Waals surface area contributed by atoms with E-state index >= 15 is 0 Å². The Hall–Kier alpha value is -1.88. The summed E-state index contributed by atoms with van der Waals surface area (Å²) in [6, 6.07) is 7.53. The second-order valence-corrected chi connectivity index (χ2v) is 5.03. The van der Waals surface area contributed by atoms with E-state index in [2.05, 4.69) is 18.8 Å². The van der Waals surface area contributed by atoms with Crippen LogP contribution in [0, 0.1) is 5.92 Å². The first kappa shape index (κ1) is 13.5. The van der Waals surface area contributed by atoms with Crippen LogP contribution in [0.15, 0.2) is 28.7 Å². The zero-order valence-electron chi connectivity index (χ0n) is 11.2. The van der Waals surface area contributed by atoms with E-state index in [1.165, 1.54) is 0 Å². The minimum Gasteiger partial charge on any atom is -0.480 e. The van der Waals surface area contributed by atoms with Crippen LogP contribution in [0.5, 0.6) is 0 Å². The number of aliphatic carboxylic acids is 1. The van der Waals surface area contributed by atoms with E-state index in [0.717, 1.165) is 11.1 Å². The minimum atomic E-state index is -0.836. The number of carboxylic acids is 1. The Bertz CT molecular complexity index is 530. The van der Waals surface area contributed by atoms with Gasteiger partial charge < -0.3 is 9.52 Å². The van der Waals surface area contributed by atoms with E-state index < -0.39 is 5.97 Å². The molecule has 1 aromatic heterocycles. The molecule has 0 amide bonds. The molecule has 1 N–H and O–H groups in total. The maximum absolute atomic E-state index is 10.9. The Morgan fingerprint density at radius 3 is 2.79 bits per heavy atom. The average molecular weight is 262 g/mol. The molecule has 0 aliphatic rings. The van der Waals surface area contributed by atoms with Crippen molar-refractivity contribution in [3.63, 3.8) is 0 Å². The molecule has 102 valence electrons. The third kappa shape index (κ3) is 3.79. The molecule has 0 bridgehead atoms. The highest BCUT2D eigenvalue weighted by Gasteiger charge is 2.15. The van der Waals surface area contributed by atoms with Crippen LogP contribution in [0.25, 0.3) is 11.1 Å². The summed E-state index contributed by atoms with van der Waals surface area (Å²) in [5.41, 5.74) is 1.54. The smallest absolute Gasteiger partial charge is 0.317 e. The number of carboxylic acid groups (broad SMARTS) is 1. The summed E-state index contributed by atoms with van der Waals surface area (Å²) >= 11 is 0. The number of hydrogen-bond donors (Lipinski definition) is 1. The molecule has 5 nitrogen and oxygen atoms in total. The van der Waals surface area contributed by atoms with Gasteiger partial charge in [-0.1, -0.05) is 26.0 Å². The highest BCUT2D eigenvalue weighted by molar-refractivity contribution is 5.72. The van der Waals surface area contributed by atoms with Gasteiger partial charge >= 0.3 is 5.97 Å². The molecular weight excluding hydrogens is 244 g/mol. The van der Waals surface area contributed by atoms with Crippen LogP contribution >= 0.6 is 0 Å². The number of hydrogen-bond acceptors (Lipinski definition) is 4. The summed E-state index contributed by atoms with van der Waals surface area (Å²) in [6.07, 6.45) is 0. The fraction of sp³-hybridized carbons (Fsp3) is 0.429. The number of fused-ring (bicyclic) bond motifs is 1. The van der Waals surface area contributed by atoms with Gasteiger partial charge in [0.2, 0.25) is 5.89 Å². The standard InChI is InChI=1S/C14H18N2O3/c1-10(2)7-16(9-14(17)18)8-13-15-11-5-3-4-6-12(11)19-13/h3-6,10H,7-9H2,1-2H3,(H,17,18). The maximum atomic E-state index is 10.9. The van der Waals surface area contributed by atoms with Gasteiger partial charge in [0.1, 0.15) is 5.52 Å². The van der Waals surface area contributed by atoms with Gasteiger partial charge in [-0.2, -0.15) is 0 Å². The van der Waals surface area contributed by atoms with Crippen molar-refractivity contribution in [2.45, 2.75) is 20.4 Å². The number of benzene rings is 1. The zero-order chi connectivity index (χ0) is 13.8. The van der Waals surface area contributed by atoms with Crippen molar-refractivity contribution in [2.24, 2.45) is 5.92 Å². The summed E-state index contributed by atoms with van der Waals surface area (Å²) < 4.78 is 5.62. The van der Waals surface area contributed by atoms with Gasteiger partial charge in [0.25, 0.3) is 0 Å². The van der Waals surface area contributed by atoms with Crippen LogP contribution in [-0.2, 0) is 11.3 Å². The molecule has 0 unspecified atom stereocenters. The van der Waals surface area contributed by atoms with E-state index in [1.54, 1.807) is 0 Å². The Balaban J connectivity index is 2.12. The van der Waals surface area contributed by atoms with Crippen molar-refractivity contribution in [1.29, 1.82) is 0 Å². The molecule has 0 aliphatic carbocycles. The summed E-state index contributed by atoms with van der Waals surface area (Å²) in [5.74, 6) is 0.114. The first-order chi connectivity index (χ1) is 9.04. The van der Waals surface area contributed by atoms with Crippen LogP contribution in [-0.4, -0.2) is 34.0 Å². The Morgan fingerprint density at radius 2 is 2.16 bits per heavy atom. The van der Waals surface area contributed by atoms with Gasteiger partial charge in [0.05, 0.1) is 13.1 Å². The van der Waals surface area contributed by atoms with Crippen molar-refractivity contribution in [3.8, 4) is 0 Å². The third-order valence-electron chi connectivity index (χ3n) is 2.68. The van der Waals surface area contributed by atoms with Gasteiger partial charge in [0, 0.05) is 6.54 Å². The van der Waals surface area contributed by atoms with E-state index in [1.807, 2.05) is 29.2 Å². The van der Waals surface area contributed by atoms with E-state index in [9.17, 15) is 4.79 Å². The number of aromatic nitrogens is 1. The fourth-order valence-corrected chi connectivity index (χ4v) is 2.07. The molecule has 0 saturated carbocycles. The lowest BCUT2D eigenvalue weighted by molar-refractivity contribution is -0.138. The van der Waals surface area contributed by atoms with Crippen LogP contribution in [0.1, 0.15) is 19.7 Å². The molecule has 2 aromatic rings. The third-order valence-corrected chi connectivity index (χ3v) is 2.68. The SMILES string of the molecule is CC(C)CN(CC(=O)O)Cc1nc2ccccc2o1. The topological polar surface area (TPSA) is 66.6 Å². The van der Waals surface area contributed by atoms with Crippen LogP contribution in [0.2, 0.25) is 0 Å². The number of rotatable bonds is 6. The normalized spacial score (nSPS) is 11.6. The number of carbonyl (C=O) groups is 1. The largest absolute Gasteiger partial charge is 0.480 e. The van der Waals surface area contributed by atoms with Crippen LogP contribution in [0.4, 0.5) is 0 Å². The molecule has 0 saturated heterocycles. The average Bonchev–Trinajstić information content (AvgIpc) is 2.68. The quantitative estimate of drug-likeness (QED) is 0.865. The van der Waals surface area contributed by atoms with Gasteiger partial charge in [-0.3, -0.25) is 9.69 Å². The van der Waals surface area contributed by atoms with Gasteiger partial charge in [-0.05, 0) is 18.1 Å². The zero-order valence-corrected chi connectivity index (χ0v) is 11.2. The first-order valence-corrected chi connectivity index (χ1v) is 6.33. The first-order valence-electron chi connectivity index (χ1n) is 6.33. The Labute approximate surface area is 111 Å². The van der Waals surface area contributed by atoms with E-state index in [0.29, 0.717) is 24.9 Å². The Morgan fingerprint density at radius 1 is 1.42 bits per heavy atom. The summed E-state index contributed by atoms with van der Waals surface area (Å²) in [4.78, 5) is 17.1. The predicted octanol–water partition coefficient (Wildman–Crippen LogP) is 2.37. The molecule has 5 heteroatoms. The monoisotopic (exact) mass is 262 g/mol. The van der Waals surface area contributed by atoms with Gasteiger partial charge in [-0.15, -0.1) is 0 Å². The van der Waals surface area contributed by atoms with Gasteiger partial charge in [-0.25, -0.2) is 4.98 Å². The number of para-hydroxylation sites is 2. The summed E-state index contributed by atoms with van der Waals surface area (Å²) in [7, 11) is 0. The predicted molar refractivity (Wildman–Crippen MR) is 71.8 cm³/mol. The lowest BCUT2D eigenvalue weighted by atomic mass is 10.2. The molecule has 0 aliphatic heterocycles. The van der Waals surface area contributed by atoms with Crippen molar-refractivity contribution in [2.75, 3.05) is 13.1 Å². The van der Waals surface area contributed by atoms with Gasteiger partial charge in [0.15, 0.2) is 5.58 Å².